The first-order valence-electron chi connectivity index (χ1n) is 7.51. The summed E-state index contributed by atoms with van der Waals surface area (Å²) in [5, 5.41) is 0. The lowest BCUT2D eigenvalue weighted by molar-refractivity contribution is -0.127. The summed E-state index contributed by atoms with van der Waals surface area (Å²) in [6, 6.07) is 3.20. The summed E-state index contributed by atoms with van der Waals surface area (Å²) in [4.78, 5) is 25.4. The highest BCUT2D eigenvalue weighted by molar-refractivity contribution is 7.91. The van der Waals surface area contributed by atoms with E-state index in [9.17, 15) is 18.0 Å². The number of ether oxygens (including phenoxy) is 1. The van der Waals surface area contributed by atoms with Crippen LogP contribution < -0.4 is 0 Å². The second kappa shape index (κ2) is 6.21. The number of nitrogens with zero attached hydrogens (tertiary/aromatic N) is 2. The third-order valence-corrected chi connectivity index (χ3v) is 7.75. The number of rotatable bonds is 4. The fourth-order valence-corrected chi connectivity index (χ4v) is 5.79. The number of hydrogen-bond donors (Lipinski definition) is 0. The maximum atomic E-state index is 12.6. The van der Waals surface area contributed by atoms with Crippen LogP contribution in [0.4, 0.5) is 4.79 Å². The molecule has 0 spiro atoms. The van der Waals surface area contributed by atoms with Gasteiger partial charge < -0.3 is 4.74 Å². The standard InChI is InChI=1S/C14H18N2O5S2/c1-2-11-3-4-13(22-11)23(19,20)15-7-5-10(6-8-15)16-12(17)9-21-14(16)18/h3-4,10H,2,5-9H2,1H3. The Hall–Kier alpha value is -1.45. The number of hydrogen-bond acceptors (Lipinski definition) is 6. The van der Waals surface area contributed by atoms with Crippen LogP contribution >= 0.6 is 11.3 Å². The highest BCUT2D eigenvalue weighted by Gasteiger charge is 2.40. The molecule has 2 aliphatic heterocycles. The van der Waals surface area contributed by atoms with Gasteiger partial charge in [0.25, 0.3) is 15.9 Å². The average molecular weight is 358 g/mol. The van der Waals surface area contributed by atoms with Crippen molar-refractivity contribution in [3.63, 3.8) is 0 Å². The van der Waals surface area contributed by atoms with Crippen molar-refractivity contribution in [1.82, 2.24) is 9.21 Å². The zero-order chi connectivity index (χ0) is 16.6. The van der Waals surface area contributed by atoms with Gasteiger partial charge in [-0.2, -0.15) is 4.31 Å². The molecular formula is C14H18N2O5S2. The van der Waals surface area contributed by atoms with Crippen LogP contribution in [0.5, 0.6) is 0 Å². The van der Waals surface area contributed by atoms with Crippen LogP contribution in [-0.4, -0.2) is 55.4 Å². The van der Waals surface area contributed by atoms with Gasteiger partial charge >= 0.3 is 6.09 Å². The maximum Gasteiger partial charge on any atom is 0.417 e. The van der Waals surface area contributed by atoms with E-state index in [0.717, 1.165) is 16.2 Å². The highest BCUT2D eigenvalue weighted by atomic mass is 32.2. The minimum atomic E-state index is -3.49. The van der Waals surface area contributed by atoms with E-state index >= 15 is 0 Å². The largest absolute Gasteiger partial charge is 0.439 e. The fourth-order valence-electron chi connectivity index (χ4n) is 2.87. The molecule has 3 rings (SSSR count). The van der Waals surface area contributed by atoms with E-state index < -0.39 is 16.1 Å². The van der Waals surface area contributed by atoms with E-state index in [1.54, 1.807) is 6.07 Å². The molecule has 2 aliphatic rings. The summed E-state index contributed by atoms with van der Waals surface area (Å²) in [7, 11) is -3.49. The Balaban J connectivity index is 1.68. The fraction of sp³-hybridized carbons (Fsp3) is 0.571. The molecule has 2 saturated heterocycles. The summed E-state index contributed by atoms with van der Waals surface area (Å²) in [5.74, 6) is -0.345. The van der Waals surface area contributed by atoms with E-state index in [-0.39, 0.29) is 18.6 Å². The number of cyclic esters (lactones) is 1. The Labute approximate surface area is 138 Å². The predicted octanol–water partition coefficient (Wildman–Crippen LogP) is 1.44. The summed E-state index contributed by atoms with van der Waals surface area (Å²) in [6.45, 7) is 2.36. The molecule has 0 atom stereocenters. The van der Waals surface area contributed by atoms with E-state index in [2.05, 4.69) is 0 Å². The van der Waals surface area contributed by atoms with Crippen LogP contribution in [0.1, 0.15) is 24.6 Å². The second-order valence-corrected chi connectivity index (χ2v) is 8.86. The molecule has 0 unspecified atom stereocenters. The molecule has 2 fully saturated rings. The van der Waals surface area contributed by atoms with Gasteiger partial charge in [-0.3, -0.25) is 4.79 Å². The van der Waals surface area contributed by atoms with Gasteiger partial charge in [-0.1, -0.05) is 6.92 Å². The molecule has 3 heterocycles. The lowest BCUT2D eigenvalue weighted by atomic mass is 10.1. The molecule has 0 bridgehead atoms. The summed E-state index contributed by atoms with van der Waals surface area (Å²) < 4.78 is 31.8. The Morgan fingerprint density at radius 3 is 2.48 bits per heavy atom. The minimum Gasteiger partial charge on any atom is -0.439 e. The third-order valence-electron chi connectivity index (χ3n) is 4.15. The lowest BCUT2D eigenvalue weighted by Gasteiger charge is -2.33. The van der Waals surface area contributed by atoms with E-state index in [0.29, 0.717) is 30.1 Å². The number of aryl methyl sites for hydroxylation is 1. The first-order chi connectivity index (χ1) is 10.9. The minimum absolute atomic E-state index is 0.216. The predicted molar refractivity (Wildman–Crippen MR) is 83.7 cm³/mol. The molecule has 1 aromatic rings. The van der Waals surface area contributed by atoms with E-state index in [1.807, 2.05) is 13.0 Å². The molecule has 0 radical (unpaired) electrons. The first kappa shape index (κ1) is 16.4. The van der Waals surface area contributed by atoms with Gasteiger partial charge in [0.05, 0.1) is 0 Å². The van der Waals surface area contributed by atoms with Gasteiger partial charge in [-0.25, -0.2) is 18.1 Å². The van der Waals surface area contributed by atoms with E-state index in [1.165, 1.54) is 15.6 Å². The van der Waals surface area contributed by atoms with Gasteiger partial charge in [0.1, 0.15) is 4.21 Å². The highest BCUT2D eigenvalue weighted by Crippen LogP contribution is 2.29. The number of piperidine rings is 1. The third kappa shape index (κ3) is 3.00. The molecule has 7 nitrogen and oxygen atoms in total. The van der Waals surface area contributed by atoms with Crippen LogP contribution in [-0.2, 0) is 26.0 Å². The maximum absolute atomic E-state index is 12.6. The summed E-state index contributed by atoms with van der Waals surface area (Å²) in [5.41, 5.74) is 0. The van der Waals surface area contributed by atoms with Crippen LogP contribution in [0.2, 0.25) is 0 Å². The van der Waals surface area contributed by atoms with Gasteiger partial charge in [0, 0.05) is 24.0 Å². The molecule has 2 amide bonds. The first-order valence-corrected chi connectivity index (χ1v) is 9.77. The molecule has 0 aliphatic carbocycles. The molecule has 0 aromatic carbocycles. The van der Waals surface area contributed by atoms with Crippen LogP contribution in [0.25, 0.3) is 0 Å². The van der Waals surface area contributed by atoms with E-state index in [4.69, 9.17) is 4.74 Å². The van der Waals surface area contributed by atoms with Crippen molar-refractivity contribution in [3.05, 3.63) is 17.0 Å². The SMILES string of the molecule is CCc1ccc(S(=O)(=O)N2CCC(N3C(=O)COC3=O)CC2)s1. The van der Waals surface area contributed by atoms with Crippen molar-refractivity contribution in [3.8, 4) is 0 Å². The molecular weight excluding hydrogens is 340 g/mol. The Bertz CT molecular complexity index is 703. The average Bonchev–Trinajstić information content (AvgIpc) is 3.15. The smallest absolute Gasteiger partial charge is 0.417 e. The van der Waals surface area contributed by atoms with Crippen LogP contribution in [0.3, 0.4) is 0 Å². The Kier molecular flexibility index (Phi) is 4.43. The summed E-state index contributed by atoms with van der Waals surface area (Å²) >= 11 is 1.29. The van der Waals surface area contributed by atoms with Crippen molar-refractivity contribution >= 4 is 33.4 Å². The zero-order valence-corrected chi connectivity index (χ0v) is 14.4. The molecule has 9 heteroatoms. The number of amides is 2. The van der Waals surface area contributed by atoms with Crippen molar-refractivity contribution in [2.75, 3.05) is 19.7 Å². The Morgan fingerprint density at radius 1 is 1.26 bits per heavy atom. The second-order valence-electron chi connectivity index (χ2n) is 5.53. The summed E-state index contributed by atoms with van der Waals surface area (Å²) in [6.07, 6.45) is 1.06. The number of imide groups is 1. The molecule has 0 N–H and O–H groups in total. The van der Waals surface area contributed by atoms with Crippen LogP contribution in [0.15, 0.2) is 16.3 Å². The quantitative estimate of drug-likeness (QED) is 0.813. The van der Waals surface area contributed by atoms with Gasteiger partial charge in [0.2, 0.25) is 0 Å². The van der Waals surface area contributed by atoms with Gasteiger partial charge in [-0.05, 0) is 31.4 Å². The monoisotopic (exact) mass is 358 g/mol. The number of sulfonamides is 1. The van der Waals surface area contributed by atoms with Crippen molar-refractivity contribution in [2.45, 2.75) is 36.4 Å². The normalized spacial score (nSPS) is 21.0. The Morgan fingerprint density at radius 2 is 1.96 bits per heavy atom. The topological polar surface area (TPSA) is 84.0 Å². The van der Waals surface area contributed by atoms with Crippen molar-refractivity contribution in [2.24, 2.45) is 0 Å². The molecule has 1 aromatic heterocycles. The molecule has 126 valence electrons. The van der Waals surface area contributed by atoms with Crippen LogP contribution in [0, 0.1) is 0 Å². The number of carbonyl (C=O) groups excluding carboxylic acids is 2. The number of thiophene rings is 1. The number of carbonyl (C=O) groups is 2. The van der Waals surface area contributed by atoms with Gasteiger partial charge in [0.15, 0.2) is 6.61 Å². The molecule has 0 saturated carbocycles. The molecule has 23 heavy (non-hydrogen) atoms. The zero-order valence-electron chi connectivity index (χ0n) is 12.7. The van der Waals surface area contributed by atoms with Crippen molar-refractivity contribution in [1.29, 1.82) is 0 Å². The van der Waals surface area contributed by atoms with Crippen molar-refractivity contribution < 1.29 is 22.7 Å². The lowest BCUT2D eigenvalue weighted by Crippen LogP contribution is -2.48. The van der Waals surface area contributed by atoms with Gasteiger partial charge in [-0.15, -0.1) is 11.3 Å².